The number of carbonyl (C=O) groups excluding carboxylic acids is 2. The summed E-state index contributed by atoms with van der Waals surface area (Å²) < 4.78 is 38.3. The van der Waals surface area contributed by atoms with E-state index in [0.717, 1.165) is 4.57 Å². The van der Waals surface area contributed by atoms with Crippen molar-refractivity contribution in [3.63, 3.8) is 0 Å². The number of rotatable bonds is 8. The van der Waals surface area contributed by atoms with Crippen LogP contribution in [-0.4, -0.2) is 27.9 Å². The predicted molar refractivity (Wildman–Crippen MR) is 102 cm³/mol. The third kappa shape index (κ3) is 4.59. The topological polar surface area (TPSA) is 70.4 Å². The van der Waals surface area contributed by atoms with E-state index in [2.05, 4.69) is 4.98 Å². The number of alkyl halides is 2. The van der Waals surface area contributed by atoms with Gasteiger partial charge in [0.05, 0.1) is 11.0 Å². The number of nitrogens with zero attached hydrogens (tertiary/aromatic N) is 2. The minimum atomic E-state index is -2.82. The molecule has 0 radical (unpaired) electrons. The highest BCUT2D eigenvalue weighted by Crippen LogP contribution is 2.28. The Balaban J connectivity index is 1.64. The number of ether oxygens (including phenoxy) is 2. The second kappa shape index (κ2) is 8.81. The molecule has 1 atom stereocenters. The van der Waals surface area contributed by atoms with Crippen molar-refractivity contribution in [3.05, 3.63) is 59.9 Å². The largest absolute Gasteiger partial charge is 0.482 e. The molecule has 0 aliphatic heterocycles. The molecule has 3 rings (SSSR count). The van der Waals surface area contributed by atoms with Gasteiger partial charge in [0.1, 0.15) is 5.75 Å². The van der Waals surface area contributed by atoms with Crippen molar-refractivity contribution >= 4 is 22.8 Å². The molecule has 0 saturated heterocycles. The van der Waals surface area contributed by atoms with Crippen LogP contribution in [0.15, 0.2) is 48.5 Å². The SMILES string of the molecule is CCC(=O)c1ccc(OCC(=O)OC(C)c2nc3ccccc3n2C(F)F)cc1. The Kier molecular flexibility index (Phi) is 6.21. The summed E-state index contributed by atoms with van der Waals surface area (Å²) in [6.45, 7) is 0.0227. The molecule has 1 unspecified atom stereocenters. The number of fused-ring (bicyclic) bond motifs is 1. The van der Waals surface area contributed by atoms with E-state index in [4.69, 9.17) is 9.47 Å². The second-order valence-electron chi connectivity index (χ2n) is 6.33. The summed E-state index contributed by atoms with van der Waals surface area (Å²) in [6.07, 6.45) is -0.592. The highest BCUT2D eigenvalue weighted by molar-refractivity contribution is 5.95. The van der Waals surface area contributed by atoms with Gasteiger partial charge in [0, 0.05) is 12.0 Å². The van der Waals surface area contributed by atoms with Gasteiger partial charge in [-0.2, -0.15) is 8.78 Å². The first kappa shape index (κ1) is 20.4. The molecular formula is C21H20F2N2O4. The lowest BCUT2D eigenvalue weighted by Crippen LogP contribution is -2.19. The van der Waals surface area contributed by atoms with Gasteiger partial charge in [0.15, 0.2) is 24.3 Å². The standard InChI is InChI=1S/C21H20F2N2O4/c1-3-18(26)14-8-10-15(11-9-14)28-12-19(27)29-13(2)20-24-16-6-4-5-7-17(16)25(20)21(22)23/h4-11,13,21H,3,12H2,1-2H3. The van der Waals surface area contributed by atoms with E-state index in [1.54, 1.807) is 49.4 Å². The van der Waals surface area contributed by atoms with Crippen LogP contribution >= 0.6 is 0 Å². The molecule has 0 spiro atoms. The number of ketones is 1. The van der Waals surface area contributed by atoms with E-state index in [9.17, 15) is 18.4 Å². The maximum atomic E-state index is 13.5. The maximum absolute atomic E-state index is 13.5. The first-order chi connectivity index (χ1) is 13.9. The van der Waals surface area contributed by atoms with Gasteiger partial charge in [-0.05, 0) is 43.3 Å². The average molecular weight is 402 g/mol. The van der Waals surface area contributed by atoms with E-state index in [1.807, 2.05) is 0 Å². The van der Waals surface area contributed by atoms with E-state index in [1.165, 1.54) is 13.0 Å². The monoisotopic (exact) mass is 402 g/mol. The predicted octanol–water partition coefficient (Wildman–Crippen LogP) is 4.71. The van der Waals surface area contributed by atoms with Crippen molar-refractivity contribution in [2.24, 2.45) is 0 Å². The van der Waals surface area contributed by atoms with Gasteiger partial charge in [-0.1, -0.05) is 19.1 Å². The number of esters is 1. The summed E-state index contributed by atoms with van der Waals surface area (Å²) in [4.78, 5) is 27.9. The molecular weight excluding hydrogens is 382 g/mol. The Hall–Kier alpha value is -3.29. The molecule has 152 valence electrons. The van der Waals surface area contributed by atoms with Gasteiger partial charge >= 0.3 is 12.5 Å². The summed E-state index contributed by atoms with van der Waals surface area (Å²) in [5.74, 6) is -0.371. The lowest BCUT2D eigenvalue weighted by atomic mass is 10.1. The number of carbonyl (C=O) groups is 2. The van der Waals surface area contributed by atoms with E-state index < -0.39 is 25.2 Å². The van der Waals surface area contributed by atoms with Crippen molar-refractivity contribution in [3.8, 4) is 5.75 Å². The summed E-state index contributed by atoms with van der Waals surface area (Å²) in [7, 11) is 0. The van der Waals surface area contributed by atoms with E-state index >= 15 is 0 Å². The van der Waals surface area contributed by atoms with Crippen LogP contribution in [0.5, 0.6) is 5.75 Å². The van der Waals surface area contributed by atoms with Crippen molar-refractivity contribution < 1.29 is 27.8 Å². The third-order valence-corrected chi connectivity index (χ3v) is 4.34. The van der Waals surface area contributed by atoms with Crippen molar-refractivity contribution in [2.75, 3.05) is 6.61 Å². The third-order valence-electron chi connectivity index (χ3n) is 4.34. The Labute approximate surface area is 166 Å². The number of para-hydroxylation sites is 2. The van der Waals surface area contributed by atoms with Crippen LogP contribution in [0.2, 0.25) is 0 Å². The highest BCUT2D eigenvalue weighted by Gasteiger charge is 2.24. The fourth-order valence-electron chi connectivity index (χ4n) is 2.92. The fourth-order valence-corrected chi connectivity index (χ4v) is 2.92. The van der Waals surface area contributed by atoms with Crippen LogP contribution in [0.1, 0.15) is 49.1 Å². The van der Waals surface area contributed by atoms with Crippen LogP contribution in [0.25, 0.3) is 11.0 Å². The molecule has 0 aliphatic rings. The summed E-state index contributed by atoms with van der Waals surface area (Å²) in [5.41, 5.74) is 1.21. The molecule has 0 aliphatic carbocycles. The molecule has 1 heterocycles. The van der Waals surface area contributed by atoms with Crippen LogP contribution in [0.4, 0.5) is 8.78 Å². The lowest BCUT2D eigenvalue weighted by Gasteiger charge is -2.15. The number of hydrogen-bond donors (Lipinski definition) is 0. The van der Waals surface area contributed by atoms with Crippen molar-refractivity contribution in [1.82, 2.24) is 9.55 Å². The van der Waals surface area contributed by atoms with Gasteiger partial charge in [0.25, 0.3) is 0 Å². The Morgan fingerprint density at radius 2 is 1.79 bits per heavy atom. The number of Topliss-reactive ketones (excluding diaryl/α,β-unsaturated/α-hetero) is 1. The first-order valence-corrected chi connectivity index (χ1v) is 9.11. The first-order valence-electron chi connectivity index (χ1n) is 9.11. The van der Waals surface area contributed by atoms with E-state index in [-0.39, 0.29) is 17.1 Å². The molecule has 6 nitrogen and oxygen atoms in total. The highest BCUT2D eigenvalue weighted by atomic mass is 19.3. The Morgan fingerprint density at radius 3 is 2.45 bits per heavy atom. The van der Waals surface area contributed by atoms with Crippen molar-refractivity contribution in [2.45, 2.75) is 32.9 Å². The van der Waals surface area contributed by atoms with Gasteiger partial charge < -0.3 is 9.47 Å². The molecule has 0 saturated carbocycles. The zero-order chi connectivity index (χ0) is 21.0. The van der Waals surface area contributed by atoms with Crippen molar-refractivity contribution in [1.29, 1.82) is 0 Å². The van der Waals surface area contributed by atoms with Crippen LogP contribution < -0.4 is 4.74 Å². The number of aromatic nitrogens is 2. The Bertz CT molecular complexity index is 1020. The number of imidazole rings is 1. The van der Waals surface area contributed by atoms with Crippen LogP contribution in [-0.2, 0) is 9.53 Å². The summed E-state index contributed by atoms with van der Waals surface area (Å²) in [5, 5.41) is 0. The number of halogens is 2. The zero-order valence-electron chi connectivity index (χ0n) is 16.0. The quantitative estimate of drug-likeness (QED) is 0.403. The summed E-state index contributed by atoms with van der Waals surface area (Å²) in [6, 6.07) is 12.9. The second-order valence-corrected chi connectivity index (χ2v) is 6.33. The van der Waals surface area contributed by atoms with Crippen LogP contribution in [0.3, 0.4) is 0 Å². The van der Waals surface area contributed by atoms with E-state index in [0.29, 0.717) is 23.3 Å². The fraction of sp³-hybridized carbons (Fsp3) is 0.286. The molecule has 1 aromatic heterocycles. The summed E-state index contributed by atoms with van der Waals surface area (Å²) >= 11 is 0. The number of benzene rings is 2. The minimum absolute atomic E-state index is 0.00621. The lowest BCUT2D eigenvalue weighted by molar-refractivity contribution is -0.151. The molecule has 0 amide bonds. The minimum Gasteiger partial charge on any atom is -0.482 e. The average Bonchev–Trinajstić information content (AvgIpc) is 3.12. The maximum Gasteiger partial charge on any atom is 0.344 e. The molecule has 3 aromatic rings. The molecule has 2 aromatic carbocycles. The van der Waals surface area contributed by atoms with Gasteiger partial charge in [-0.25, -0.2) is 9.78 Å². The zero-order valence-corrected chi connectivity index (χ0v) is 16.0. The molecule has 0 N–H and O–H groups in total. The molecule has 8 heteroatoms. The van der Waals surface area contributed by atoms with Gasteiger partial charge in [-0.15, -0.1) is 0 Å². The Morgan fingerprint density at radius 1 is 1.10 bits per heavy atom. The van der Waals surface area contributed by atoms with Gasteiger partial charge in [0.2, 0.25) is 0 Å². The van der Waals surface area contributed by atoms with Crippen LogP contribution in [0, 0.1) is 0 Å². The molecule has 0 bridgehead atoms. The number of hydrogen-bond acceptors (Lipinski definition) is 5. The molecule has 29 heavy (non-hydrogen) atoms. The molecule has 0 fully saturated rings. The smallest absolute Gasteiger partial charge is 0.344 e. The normalized spacial score (nSPS) is 12.2. The van der Waals surface area contributed by atoms with Gasteiger partial charge in [-0.3, -0.25) is 9.36 Å².